The van der Waals surface area contributed by atoms with E-state index in [2.05, 4.69) is 15.6 Å². The number of esters is 1. The van der Waals surface area contributed by atoms with Gasteiger partial charge in [-0.05, 0) is 18.2 Å². The average Bonchev–Trinajstić information content (AvgIpc) is 3.35. The number of hydrogen-bond acceptors (Lipinski definition) is 8. The summed E-state index contributed by atoms with van der Waals surface area (Å²) < 4.78 is 31.5. The molecule has 1 aromatic heterocycles. The maximum atomic E-state index is 12.7. The van der Waals surface area contributed by atoms with Crippen molar-refractivity contribution < 1.29 is 27.5 Å². The summed E-state index contributed by atoms with van der Waals surface area (Å²) >= 11 is 1.24. The van der Waals surface area contributed by atoms with Gasteiger partial charge in [0.1, 0.15) is 6.54 Å². The van der Waals surface area contributed by atoms with E-state index in [1.54, 1.807) is 19.2 Å². The zero-order valence-electron chi connectivity index (χ0n) is 19.8. The summed E-state index contributed by atoms with van der Waals surface area (Å²) in [4.78, 5) is 40.8. The van der Waals surface area contributed by atoms with Crippen LogP contribution in [0.15, 0.2) is 64.9 Å². The van der Waals surface area contributed by atoms with Gasteiger partial charge in [0.2, 0.25) is 10.0 Å². The van der Waals surface area contributed by atoms with Crippen LogP contribution in [0.2, 0.25) is 0 Å². The maximum Gasteiger partial charge on any atom is 0.325 e. The molecular weight excluding hydrogens is 504 g/mol. The molecule has 0 aliphatic heterocycles. The van der Waals surface area contributed by atoms with Gasteiger partial charge in [-0.15, -0.1) is 11.3 Å². The molecule has 2 amide bonds. The number of hydrogen-bond donors (Lipinski definition) is 2. The molecular formula is C24H26N4O6S2. The molecule has 0 fully saturated rings. The van der Waals surface area contributed by atoms with Crippen LogP contribution in [0.3, 0.4) is 0 Å². The minimum Gasteiger partial charge on any atom is -0.454 e. The molecule has 2 aromatic carbocycles. The van der Waals surface area contributed by atoms with E-state index in [9.17, 15) is 22.8 Å². The normalized spacial score (nSPS) is 11.2. The first kappa shape index (κ1) is 27.0. The summed E-state index contributed by atoms with van der Waals surface area (Å²) in [7, 11) is -3.73. The Morgan fingerprint density at radius 3 is 2.44 bits per heavy atom. The monoisotopic (exact) mass is 530 g/mol. The van der Waals surface area contributed by atoms with E-state index in [0.29, 0.717) is 23.9 Å². The highest BCUT2D eigenvalue weighted by atomic mass is 32.2. The molecule has 3 aromatic rings. The van der Waals surface area contributed by atoms with Gasteiger partial charge in [-0.2, -0.15) is 4.31 Å². The SMILES string of the molecule is CCN(CC)S(=O)(=O)c1cccc(C(=O)NCC(=O)OCC(=O)Nc2nc(-c3ccccc3)cs2)c1. The van der Waals surface area contributed by atoms with Crippen LogP contribution in [0, 0.1) is 0 Å². The van der Waals surface area contributed by atoms with E-state index < -0.39 is 41.0 Å². The van der Waals surface area contributed by atoms with Crippen molar-refractivity contribution in [3.63, 3.8) is 0 Å². The third kappa shape index (κ3) is 6.97. The zero-order chi connectivity index (χ0) is 26.1. The van der Waals surface area contributed by atoms with Gasteiger partial charge in [0, 0.05) is 29.6 Å². The minimum absolute atomic E-state index is 0.0179. The number of benzene rings is 2. The number of nitrogens with zero attached hydrogens (tertiary/aromatic N) is 2. The fraction of sp³-hybridized carbons (Fsp3) is 0.250. The lowest BCUT2D eigenvalue weighted by Crippen LogP contribution is -2.33. The van der Waals surface area contributed by atoms with E-state index in [-0.39, 0.29) is 10.5 Å². The van der Waals surface area contributed by atoms with Gasteiger partial charge < -0.3 is 10.1 Å². The smallest absolute Gasteiger partial charge is 0.325 e. The van der Waals surface area contributed by atoms with E-state index in [4.69, 9.17) is 4.74 Å². The first-order valence-corrected chi connectivity index (χ1v) is 13.4. The second-order valence-electron chi connectivity index (χ2n) is 7.41. The summed E-state index contributed by atoms with van der Waals surface area (Å²) in [6, 6.07) is 15.0. The van der Waals surface area contributed by atoms with Crippen LogP contribution in [-0.4, -0.2) is 61.7 Å². The van der Waals surface area contributed by atoms with Gasteiger partial charge in [-0.3, -0.25) is 19.7 Å². The Morgan fingerprint density at radius 1 is 1.03 bits per heavy atom. The number of ether oxygens (including phenoxy) is 1. The Bertz CT molecular complexity index is 1320. The second kappa shape index (κ2) is 12.4. The van der Waals surface area contributed by atoms with E-state index in [0.717, 1.165) is 5.56 Å². The van der Waals surface area contributed by atoms with Crippen molar-refractivity contribution in [2.45, 2.75) is 18.7 Å². The number of anilines is 1. The Balaban J connectivity index is 1.48. The number of aromatic nitrogens is 1. The topological polar surface area (TPSA) is 135 Å². The van der Waals surface area contributed by atoms with Crippen LogP contribution < -0.4 is 10.6 Å². The van der Waals surface area contributed by atoms with Crippen LogP contribution in [-0.2, 0) is 24.3 Å². The number of carbonyl (C=O) groups excluding carboxylic acids is 3. The van der Waals surface area contributed by atoms with Crippen LogP contribution >= 0.6 is 11.3 Å². The van der Waals surface area contributed by atoms with Gasteiger partial charge in [0.15, 0.2) is 11.7 Å². The molecule has 0 unspecified atom stereocenters. The third-order valence-electron chi connectivity index (χ3n) is 5.02. The standard InChI is InChI=1S/C24H26N4O6S2/c1-3-28(4-2)36(32,33)19-12-8-11-18(13-19)23(31)25-14-22(30)34-15-21(29)27-24-26-20(16-35-24)17-9-6-5-7-10-17/h5-13,16H,3-4,14-15H2,1-2H3,(H,25,31)(H,26,27,29). The molecule has 12 heteroatoms. The second-order valence-corrected chi connectivity index (χ2v) is 10.2. The van der Waals surface area contributed by atoms with Crippen molar-refractivity contribution in [2.75, 3.05) is 31.6 Å². The van der Waals surface area contributed by atoms with Crippen molar-refractivity contribution >= 4 is 44.3 Å². The number of carbonyl (C=O) groups is 3. The number of sulfonamides is 1. The predicted molar refractivity (Wildman–Crippen MR) is 136 cm³/mol. The Labute approximate surface area is 213 Å². The van der Waals surface area contributed by atoms with E-state index in [1.165, 1.54) is 39.9 Å². The summed E-state index contributed by atoms with van der Waals surface area (Å²) in [6.45, 7) is 3.00. The maximum absolute atomic E-state index is 12.7. The molecule has 0 saturated carbocycles. The molecule has 0 aliphatic carbocycles. The van der Waals surface area contributed by atoms with Crippen molar-refractivity contribution in [1.82, 2.24) is 14.6 Å². The minimum atomic E-state index is -3.73. The first-order chi connectivity index (χ1) is 17.2. The lowest BCUT2D eigenvalue weighted by molar-refractivity contribution is -0.146. The molecule has 190 valence electrons. The molecule has 2 N–H and O–H groups in total. The highest BCUT2D eigenvalue weighted by Crippen LogP contribution is 2.24. The first-order valence-electron chi connectivity index (χ1n) is 11.1. The van der Waals surface area contributed by atoms with E-state index in [1.807, 2.05) is 30.3 Å². The predicted octanol–water partition coefficient (Wildman–Crippen LogP) is 2.75. The van der Waals surface area contributed by atoms with Crippen molar-refractivity contribution in [1.29, 1.82) is 0 Å². The fourth-order valence-electron chi connectivity index (χ4n) is 3.19. The van der Waals surface area contributed by atoms with Crippen LogP contribution in [0.25, 0.3) is 11.3 Å². The molecule has 0 radical (unpaired) electrons. The van der Waals surface area contributed by atoms with Crippen molar-refractivity contribution in [3.8, 4) is 11.3 Å². The Hall–Kier alpha value is -3.61. The fourth-order valence-corrected chi connectivity index (χ4v) is 5.43. The molecule has 10 nitrogen and oxygen atoms in total. The molecule has 36 heavy (non-hydrogen) atoms. The molecule has 0 spiro atoms. The number of thiazole rings is 1. The lowest BCUT2D eigenvalue weighted by Gasteiger charge is -2.18. The Morgan fingerprint density at radius 2 is 1.75 bits per heavy atom. The number of nitrogens with one attached hydrogen (secondary N) is 2. The van der Waals surface area contributed by atoms with Crippen molar-refractivity contribution in [2.24, 2.45) is 0 Å². The van der Waals surface area contributed by atoms with E-state index >= 15 is 0 Å². The average molecular weight is 531 g/mol. The summed E-state index contributed by atoms with van der Waals surface area (Å²) in [5.74, 6) is -2.04. The van der Waals surface area contributed by atoms with Gasteiger partial charge in [0.05, 0.1) is 10.6 Å². The quantitative estimate of drug-likeness (QED) is 0.364. The van der Waals surface area contributed by atoms with Crippen LogP contribution in [0.5, 0.6) is 0 Å². The highest BCUT2D eigenvalue weighted by molar-refractivity contribution is 7.89. The highest BCUT2D eigenvalue weighted by Gasteiger charge is 2.22. The Kier molecular flexibility index (Phi) is 9.28. The number of amides is 2. The van der Waals surface area contributed by atoms with Gasteiger partial charge in [-0.1, -0.05) is 50.2 Å². The molecule has 1 heterocycles. The zero-order valence-corrected chi connectivity index (χ0v) is 21.4. The lowest BCUT2D eigenvalue weighted by atomic mass is 10.2. The third-order valence-corrected chi connectivity index (χ3v) is 7.82. The molecule has 0 atom stereocenters. The largest absolute Gasteiger partial charge is 0.454 e. The van der Waals surface area contributed by atoms with Gasteiger partial charge >= 0.3 is 5.97 Å². The molecule has 0 bridgehead atoms. The number of rotatable bonds is 11. The van der Waals surface area contributed by atoms with Gasteiger partial charge in [-0.25, -0.2) is 13.4 Å². The molecule has 3 rings (SSSR count). The summed E-state index contributed by atoms with van der Waals surface area (Å²) in [5, 5.41) is 7.09. The summed E-state index contributed by atoms with van der Waals surface area (Å²) in [6.07, 6.45) is 0. The van der Waals surface area contributed by atoms with Crippen LogP contribution in [0.4, 0.5) is 5.13 Å². The van der Waals surface area contributed by atoms with Crippen LogP contribution in [0.1, 0.15) is 24.2 Å². The molecule has 0 aliphatic rings. The van der Waals surface area contributed by atoms with Crippen molar-refractivity contribution in [3.05, 3.63) is 65.5 Å². The van der Waals surface area contributed by atoms with Gasteiger partial charge in [0.25, 0.3) is 11.8 Å². The summed E-state index contributed by atoms with van der Waals surface area (Å²) in [5.41, 5.74) is 1.70. The molecule has 0 saturated heterocycles.